The molecule has 0 amide bonds. The molecule has 0 aliphatic rings. The smallest absolute Gasteiger partial charge is 0.187 e. The zero-order chi connectivity index (χ0) is 16.4. The maximum absolute atomic E-state index is 6.22. The molecular formula is C16H14Cl2N4S. The standard InChI is InChI=1S/C16H14Cl2N4S/c1-10-5-3-6-11(2)15(10)22-16(19-20-21-22)23-9-12-13(17)7-4-8-14(12)18/h3-8H,9H2,1-2H3. The van der Waals surface area contributed by atoms with E-state index < -0.39 is 0 Å². The highest BCUT2D eigenvalue weighted by atomic mass is 35.5. The van der Waals surface area contributed by atoms with Crippen molar-refractivity contribution in [3.8, 4) is 5.69 Å². The number of halogens is 2. The Bertz CT molecular complexity index is 807. The highest BCUT2D eigenvalue weighted by Crippen LogP contribution is 2.31. The van der Waals surface area contributed by atoms with Crippen LogP contribution in [0.15, 0.2) is 41.6 Å². The Morgan fingerprint density at radius 1 is 1.00 bits per heavy atom. The molecule has 3 rings (SSSR count). The van der Waals surface area contributed by atoms with Gasteiger partial charge in [-0.1, -0.05) is 59.2 Å². The lowest BCUT2D eigenvalue weighted by Crippen LogP contribution is -2.04. The molecule has 0 aliphatic heterocycles. The van der Waals surface area contributed by atoms with E-state index in [1.54, 1.807) is 4.68 Å². The van der Waals surface area contributed by atoms with Crippen LogP contribution in [0.2, 0.25) is 10.0 Å². The summed E-state index contributed by atoms with van der Waals surface area (Å²) in [6.07, 6.45) is 0. The van der Waals surface area contributed by atoms with E-state index in [0.717, 1.165) is 22.4 Å². The van der Waals surface area contributed by atoms with Crippen molar-refractivity contribution >= 4 is 35.0 Å². The van der Waals surface area contributed by atoms with Crippen LogP contribution < -0.4 is 0 Å². The SMILES string of the molecule is Cc1cccc(C)c1-n1nnnc1SCc1c(Cl)cccc1Cl. The number of aromatic nitrogens is 4. The molecular weight excluding hydrogens is 351 g/mol. The maximum atomic E-state index is 6.22. The van der Waals surface area contributed by atoms with Crippen molar-refractivity contribution < 1.29 is 0 Å². The van der Waals surface area contributed by atoms with Gasteiger partial charge in [-0.2, -0.15) is 4.68 Å². The van der Waals surface area contributed by atoms with E-state index in [1.807, 2.05) is 50.2 Å². The van der Waals surface area contributed by atoms with Gasteiger partial charge in [0, 0.05) is 15.8 Å². The number of rotatable bonds is 4. The third-order valence-corrected chi connectivity index (χ3v) is 5.15. The van der Waals surface area contributed by atoms with Crippen LogP contribution in [-0.4, -0.2) is 20.2 Å². The Balaban J connectivity index is 1.91. The Labute approximate surface area is 148 Å². The number of nitrogens with zero attached hydrogens (tertiary/aromatic N) is 4. The average Bonchev–Trinajstić information content (AvgIpc) is 2.95. The van der Waals surface area contributed by atoms with Gasteiger partial charge in [-0.05, 0) is 53.1 Å². The molecule has 0 spiro atoms. The minimum absolute atomic E-state index is 0.601. The fourth-order valence-electron chi connectivity index (χ4n) is 2.36. The van der Waals surface area contributed by atoms with Gasteiger partial charge in [0.15, 0.2) is 0 Å². The van der Waals surface area contributed by atoms with E-state index in [-0.39, 0.29) is 0 Å². The van der Waals surface area contributed by atoms with E-state index in [9.17, 15) is 0 Å². The monoisotopic (exact) mass is 364 g/mol. The van der Waals surface area contributed by atoms with Gasteiger partial charge >= 0.3 is 0 Å². The van der Waals surface area contributed by atoms with Crippen molar-refractivity contribution in [2.24, 2.45) is 0 Å². The molecule has 0 unspecified atom stereocenters. The molecule has 0 fully saturated rings. The molecule has 2 aromatic carbocycles. The van der Waals surface area contributed by atoms with Crippen LogP contribution in [0.5, 0.6) is 0 Å². The zero-order valence-electron chi connectivity index (χ0n) is 12.6. The van der Waals surface area contributed by atoms with Gasteiger partial charge < -0.3 is 0 Å². The summed E-state index contributed by atoms with van der Waals surface area (Å²) in [7, 11) is 0. The predicted octanol–water partition coefficient (Wildman–Crippen LogP) is 4.88. The fourth-order valence-corrected chi connectivity index (χ4v) is 3.97. The molecule has 0 radical (unpaired) electrons. The molecule has 0 saturated heterocycles. The fraction of sp³-hybridized carbons (Fsp3) is 0.188. The Kier molecular flexibility index (Phi) is 4.90. The second-order valence-electron chi connectivity index (χ2n) is 5.10. The number of tetrazole rings is 1. The van der Waals surface area contributed by atoms with Gasteiger partial charge in [-0.15, -0.1) is 5.10 Å². The lowest BCUT2D eigenvalue weighted by atomic mass is 10.1. The molecule has 0 aliphatic carbocycles. The number of hydrogen-bond donors (Lipinski definition) is 0. The Hall–Kier alpha value is -1.56. The molecule has 4 nitrogen and oxygen atoms in total. The van der Waals surface area contributed by atoms with Gasteiger partial charge in [0.2, 0.25) is 5.16 Å². The summed E-state index contributed by atoms with van der Waals surface area (Å²) >= 11 is 13.9. The Morgan fingerprint density at radius 2 is 1.61 bits per heavy atom. The zero-order valence-corrected chi connectivity index (χ0v) is 15.0. The van der Waals surface area contributed by atoms with Crippen molar-refractivity contribution in [1.29, 1.82) is 0 Å². The molecule has 1 heterocycles. The molecule has 0 saturated carbocycles. The molecule has 118 valence electrons. The number of benzene rings is 2. The molecule has 3 aromatic rings. The van der Waals surface area contributed by atoms with Crippen LogP contribution in [0.3, 0.4) is 0 Å². The summed E-state index contributed by atoms with van der Waals surface area (Å²) in [6, 6.07) is 11.6. The molecule has 23 heavy (non-hydrogen) atoms. The number of aryl methyl sites for hydroxylation is 2. The number of thioether (sulfide) groups is 1. The first-order valence-corrected chi connectivity index (χ1v) is 8.72. The largest absolute Gasteiger partial charge is 0.214 e. The van der Waals surface area contributed by atoms with Crippen LogP contribution >= 0.6 is 35.0 Å². The first-order valence-electron chi connectivity index (χ1n) is 6.98. The second kappa shape index (κ2) is 6.91. The quantitative estimate of drug-likeness (QED) is 0.618. The summed E-state index contributed by atoms with van der Waals surface area (Å²) in [5.74, 6) is 0.601. The molecule has 0 atom stereocenters. The van der Waals surface area contributed by atoms with E-state index in [1.165, 1.54) is 11.8 Å². The highest BCUT2D eigenvalue weighted by Gasteiger charge is 2.14. The third-order valence-electron chi connectivity index (χ3n) is 3.50. The van der Waals surface area contributed by atoms with Gasteiger partial charge in [0.25, 0.3) is 0 Å². The lowest BCUT2D eigenvalue weighted by Gasteiger charge is -2.11. The first-order chi connectivity index (χ1) is 11.1. The van der Waals surface area contributed by atoms with Crippen LogP contribution in [0, 0.1) is 13.8 Å². The summed E-state index contributed by atoms with van der Waals surface area (Å²) in [5.41, 5.74) is 4.13. The lowest BCUT2D eigenvalue weighted by molar-refractivity contribution is 0.747. The van der Waals surface area contributed by atoms with Gasteiger partial charge in [-0.25, -0.2) is 0 Å². The van der Waals surface area contributed by atoms with Gasteiger partial charge in [0.05, 0.1) is 5.69 Å². The summed E-state index contributed by atoms with van der Waals surface area (Å²) in [6.45, 7) is 4.09. The predicted molar refractivity (Wildman–Crippen MR) is 94.7 cm³/mol. The van der Waals surface area contributed by atoms with Crippen LogP contribution in [0.1, 0.15) is 16.7 Å². The van der Waals surface area contributed by atoms with Crippen molar-refractivity contribution in [2.45, 2.75) is 24.8 Å². The summed E-state index contributed by atoms with van der Waals surface area (Å²) < 4.78 is 1.76. The van der Waals surface area contributed by atoms with Crippen molar-refractivity contribution in [3.63, 3.8) is 0 Å². The van der Waals surface area contributed by atoms with Gasteiger partial charge in [0.1, 0.15) is 0 Å². The molecule has 1 aromatic heterocycles. The maximum Gasteiger partial charge on any atom is 0.214 e. The second-order valence-corrected chi connectivity index (χ2v) is 6.86. The van der Waals surface area contributed by atoms with E-state index in [0.29, 0.717) is 21.0 Å². The van der Waals surface area contributed by atoms with Crippen LogP contribution in [0.4, 0.5) is 0 Å². The highest BCUT2D eigenvalue weighted by molar-refractivity contribution is 7.98. The summed E-state index contributed by atoms with van der Waals surface area (Å²) in [5, 5.41) is 14.1. The summed E-state index contributed by atoms with van der Waals surface area (Å²) in [4.78, 5) is 0. The molecule has 0 N–H and O–H groups in total. The minimum Gasteiger partial charge on any atom is -0.187 e. The van der Waals surface area contributed by atoms with E-state index in [4.69, 9.17) is 23.2 Å². The van der Waals surface area contributed by atoms with Crippen molar-refractivity contribution in [2.75, 3.05) is 0 Å². The molecule has 7 heteroatoms. The Morgan fingerprint density at radius 3 is 2.26 bits per heavy atom. The average molecular weight is 365 g/mol. The van der Waals surface area contributed by atoms with Gasteiger partial charge in [-0.3, -0.25) is 0 Å². The minimum atomic E-state index is 0.601. The van der Waals surface area contributed by atoms with E-state index in [2.05, 4.69) is 15.5 Å². The van der Waals surface area contributed by atoms with Crippen molar-refractivity contribution in [1.82, 2.24) is 20.2 Å². The topological polar surface area (TPSA) is 43.6 Å². The number of para-hydroxylation sites is 1. The third kappa shape index (κ3) is 3.37. The number of hydrogen-bond acceptors (Lipinski definition) is 4. The first kappa shape index (κ1) is 16.3. The molecule has 0 bridgehead atoms. The normalized spacial score (nSPS) is 11.0. The van der Waals surface area contributed by atoms with E-state index >= 15 is 0 Å². The van der Waals surface area contributed by atoms with Crippen molar-refractivity contribution in [3.05, 3.63) is 63.1 Å². The van der Waals surface area contributed by atoms with Crippen LogP contribution in [-0.2, 0) is 5.75 Å². The van der Waals surface area contributed by atoms with Crippen LogP contribution in [0.25, 0.3) is 5.69 Å².